The Morgan fingerprint density at radius 3 is 2.16 bits per heavy atom. The molecule has 0 fully saturated rings. The molecule has 0 saturated carbocycles. The molecular weight excluding hydrogens is 459 g/mol. The van der Waals surface area contributed by atoms with Gasteiger partial charge < -0.3 is 9.05 Å². The zero-order chi connectivity index (χ0) is 25.0. The molecule has 38 heavy (non-hydrogen) atoms. The third-order valence-corrected chi connectivity index (χ3v) is 8.67. The van der Waals surface area contributed by atoms with E-state index < -0.39 is 0 Å². The van der Waals surface area contributed by atoms with Crippen LogP contribution in [0, 0.1) is 6.92 Å². The van der Waals surface area contributed by atoms with E-state index in [0.29, 0.717) is 0 Å². The van der Waals surface area contributed by atoms with Crippen LogP contribution < -0.4 is 10.9 Å². The molecule has 9 rings (SSSR count). The number of hydrogen-bond donors (Lipinski definition) is 0. The van der Waals surface area contributed by atoms with E-state index in [1.807, 2.05) is 0 Å². The average molecular weight is 482 g/mol. The Morgan fingerprint density at radius 1 is 0.500 bits per heavy atom. The van der Waals surface area contributed by atoms with E-state index in [1.165, 1.54) is 76.6 Å². The van der Waals surface area contributed by atoms with Gasteiger partial charge in [0.2, 0.25) is 0 Å². The number of benzene rings is 6. The molecule has 0 saturated heterocycles. The predicted molar refractivity (Wildman–Crippen MR) is 163 cm³/mol. The Bertz CT molecular complexity index is 2270. The van der Waals surface area contributed by atoms with Crippen molar-refractivity contribution in [2.24, 2.45) is 0 Å². The topological polar surface area (TPSA) is 9.86 Å². The second-order valence-electron chi connectivity index (χ2n) is 10.6. The maximum Gasteiger partial charge on any atom is 0.332 e. The van der Waals surface area contributed by atoms with Crippen molar-refractivity contribution in [3.05, 3.63) is 127 Å². The molecule has 3 heterocycles. The van der Waals surface area contributed by atoms with Crippen LogP contribution in [0.5, 0.6) is 0 Å². The summed E-state index contributed by atoms with van der Waals surface area (Å²) in [6.45, 7) is 2.32. The van der Waals surface area contributed by atoms with Crippen molar-refractivity contribution >= 4 is 72.2 Å². The van der Waals surface area contributed by atoms with Crippen LogP contribution in [0.4, 0.5) is 0 Å². The van der Waals surface area contributed by atoms with Crippen LogP contribution in [0.15, 0.2) is 121 Å². The summed E-state index contributed by atoms with van der Waals surface area (Å²) < 4.78 is 5.12. The zero-order valence-electron chi connectivity index (χ0n) is 21.0. The van der Waals surface area contributed by atoms with E-state index in [9.17, 15) is 0 Å². The Balaban J connectivity index is 1.52. The quantitative estimate of drug-likeness (QED) is 0.217. The Labute approximate surface area is 220 Å². The Hall–Kier alpha value is -4.76. The Kier molecular flexibility index (Phi) is 3.84. The van der Waals surface area contributed by atoms with Crippen molar-refractivity contribution in [2.45, 2.75) is 6.92 Å². The molecule has 0 radical (unpaired) electrons. The predicted octanol–water partition coefficient (Wildman–Crippen LogP) is 7.32. The first-order valence-corrected chi connectivity index (χ1v) is 13.3. The fraction of sp³-hybridized carbons (Fsp3) is 0.0286. The number of fused-ring (bicyclic) bond motifs is 10. The van der Waals surface area contributed by atoms with E-state index in [0.717, 1.165) is 0 Å². The molecule has 0 bridgehead atoms. The highest BCUT2D eigenvalue weighted by Crippen LogP contribution is 2.39. The van der Waals surface area contributed by atoms with Crippen molar-refractivity contribution in [3.63, 3.8) is 0 Å². The number of nitrogens with zero attached hydrogens (tertiary/aromatic N) is 2. The summed E-state index contributed by atoms with van der Waals surface area (Å²) in [5, 5.41) is 7.90. The number of para-hydroxylation sites is 4. The van der Waals surface area contributed by atoms with Gasteiger partial charge >= 0.3 is 6.85 Å². The molecule has 2 aromatic heterocycles. The van der Waals surface area contributed by atoms with Gasteiger partial charge in [-0.2, -0.15) is 0 Å². The normalized spacial score (nSPS) is 12.8. The first kappa shape index (κ1) is 20.3. The molecule has 2 nitrogen and oxygen atoms in total. The summed E-state index contributed by atoms with van der Waals surface area (Å²) in [6, 6.07) is 44.9. The van der Waals surface area contributed by atoms with Crippen LogP contribution >= 0.6 is 0 Å². The summed E-state index contributed by atoms with van der Waals surface area (Å²) in [6.07, 6.45) is 0. The molecule has 0 N–H and O–H groups in total. The lowest BCUT2D eigenvalue weighted by Crippen LogP contribution is -2.53. The number of rotatable bonds is 1. The summed E-state index contributed by atoms with van der Waals surface area (Å²) in [7, 11) is 0. The van der Waals surface area contributed by atoms with Crippen LogP contribution in [0.2, 0.25) is 0 Å². The summed E-state index contributed by atoms with van der Waals surface area (Å²) in [5.74, 6) is 0. The van der Waals surface area contributed by atoms with E-state index in [1.54, 1.807) is 0 Å². The minimum atomic E-state index is 0.0708. The van der Waals surface area contributed by atoms with E-state index in [-0.39, 0.29) is 6.85 Å². The van der Waals surface area contributed by atoms with Crippen LogP contribution in [0.1, 0.15) is 5.56 Å². The fourth-order valence-corrected chi connectivity index (χ4v) is 7.20. The number of aromatic nitrogens is 2. The lowest BCUT2D eigenvalue weighted by atomic mass is 9.48. The number of aryl methyl sites for hydroxylation is 1. The van der Waals surface area contributed by atoms with Gasteiger partial charge in [-0.3, -0.25) is 0 Å². The van der Waals surface area contributed by atoms with E-state index in [4.69, 9.17) is 0 Å². The molecular formula is C35H23BN2. The van der Waals surface area contributed by atoms with Crippen molar-refractivity contribution in [2.75, 3.05) is 0 Å². The molecule has 3 heteroatoms. The average Bonchev–Trinajstić information content (AvgIpc) is 3.49. The molecule has 8 aromatic rings. The number of hydrogen-bond acceptors (Lipinski definition) is 0. The van der Waals surface area contributed by atoms with Crippen LogP contribution in [0.25, 0.3) is 60.1 Å². The minimum Gasteiger partial charge on any atom is -0.376 e. The van der Waals surface area contributed by atoms with Gasteiger partial charge in [-0.05, 0) is 52.4 Å². The molecule has 6 aromatic carbocycles. The molecule has 176 valence electrons. The van der Waals surface area contributed by atoms with Crippen molar-refractivity contribution in [3.8, 4) is 5.69 Å². The second-order valence-corrected chi connectivity index (χ2v) is 10.6. The highest BCUT2D eigenvalue weighted by molar-refractivity contribution is 6.88. The van der Waals surface area contributed by atoms with Gasteiger partial charge in [0.15, 0.2) is 0 Å². The van der Waals surface area contributed by atoms with Gasteiger partial charge in [-0.25, -0.2) is 0 Å². The molecule has 0 atom stereocenters. The first-order valence-electron chi connectivity index (χ1n) is 13.3. The van der Waals surface area contributed by atoms with Gasteiger partial charge in [0.1, 0.15) is 0 Å². The standard InChI is InChI=1S/C35H23BN2/c1-22-10-8-14-26-25-13-4-6-18-30(25)38(34(22)26)36-28-16-5-7-19-31(28)37-32-21-20-23-11-2-3-12-24(23)33(32)27-15-9-17-29(36)35(27)37/h2-21H,1H3. The molecule has 0 aliphatic carbocycles. The van der Waals surface area contributed by atoms with Crippen LogP contribution in [0.3, 0.4) is 0 Å². The summed E-state index contributed by atoms with van der Waals surface area (Å²) in [5.41, 5.74) is 10.5. The van der Waals surface area contributed by atoms with Gasteiger partial charge in [-0.1, -0.05) is 103 Å². The SMILES string of the molecule is Cc1cccc2c3ccccc3n(B3c4ccccc4-n4c5ccc6ccccc6c5c5cccc3c54)c12. The molecule has 0 amide bonds. The molecule has 1 aliphatic rings. The second kappa shape index (κ2) is 7.17. The van der Waals surface area contributed by atoms with Crippen molar-refractivity contribution in [1.82, 2.24) is 9.05 Å². The smallest absolute Gasteiger partial charge is 0.332 e. The monoisotopic (exact) mass is 482 g/mol. The molecule has 0 unspecified atom stereocenters. The van der Waals surface area contributed by atoms with Crippen LogP contribution in [-0.4, -0.2) is 15.9 Å². The molecule has 1 aliphatic heterocycles. The largest absolute Gasteiger partial charge is 0.376 e. The highest BCUT2D eigenvalue weighted by atomic mass is 15.0. The first-order chi connectivity index (χ1) is 18.8. The minimum absolute atomic E-state index is 0.0708. The Morgan fingerprint density at radius 2 is 1.21 bits per heavy atom. The van der Waals surface area contributed by atoms with Gasteiger partial charge in [0.05, 0.1) is 11.0 Å². The molecule has 0 spiro atoms. The van der Waals surface area contributed by atoms with Crippen molar-refractivity contribution in [1.29, 1.82) is 0 Å². The third kappa shape index (κ3) is 2.39. The maximum atomic E-state index is 2.60. The maximum absolute atomic E-state index is 2.60. The zero-order valence-corrected chi connectivity index (χ0v) is 21.0. The summed E-state index contributed by atoms with van der Waals surface area (Å²) >= 11 is 0. The lowest BCUT2D eigenvalue weighted by molar-refractivity contribution is 1.18. The highest BCUT2D eigenvalue weighted by Gasteiger charge is 2.36. The van der Waals surface area contributed by atoms with Crippen molar-refractivity contribution < 1.29 is 0 Å². The van der Waals surface area contributed by atoms with E-state index >= 15 is 0 Å². The summed E-state index contributed by atoms with van der Waals surface area (Å²) in [4.78, 5) is 0. The lowest BCUT2D eigenvalue weighted by Gasteiger charge is -2.28. The van der Waals surface area contributed by atoms with Crippen LogP contribution in [-0.2, 0) is 0 Å². The van der Waals surface area contributed by atoms with Gasteiger partial charge in [0, 0.05) is 38.3 Å². The van der Waals surface area contributed by atoms with Gasteiger partial charge in [0.25, 0.3) is 0 Å². The van der Waals surface area contributed by atoms with E-state index in [2.05, 4.69) is 137 Å². The van der Waals surface area contributed by atoms with Gasteiger partial charge in [-0.15, -0.1) is 0 Å². The fourth-order valence-electron chi connectivity index (χ4n) is 7.20. The third-order valence-electron chi connectivity index (χ3n) is 8.67.